The van der Waals surface area contributed by atoms with E-state index in [1.807, 2.05) is 18.2 Å². The molecule has 1 atom stereocenters. The lowest BCUT2D eigenvalue weighted by atomic mass is 9.99. The normalized spacial score (nSPS) is 17.3. The van der Waals surface area contributed by atoms with Gasteiger partial charge >= 0.3 is 0 Å². The zero-order chi connectivity index (χ0) is 22.3. The summed E-state index contributed by atoms with van der Waals surface area (Å²) in [5, 5.41) is 2.58. The summed E-state index contributed by atoms with van der Waals surface area (Å²) in [7, 11) is 4.23. The van der Waals surface area contributed by atoms with E-state index in [0.29, 0.717) is 17.3 Å². The van der Waals surface area contributed by atoms with E-state index >= 15 is 0 Å². The first-order chi connectivity index (χ1) is 15.8. The van der Waals surface area contributed by atoms with Crippen LogP contribution in [0.3, 0.4) is 0 Å². The third-order valence-electron chi connectivity index (χ3n) is 5.42. The standard InChI is InChI=1S/C28H27O3P/c1-29-25-20-26(32(22-15-9-5-10-16-22)23-17-11-6-12-18-23)24(27(30-2)28(25)31-3)19-21-13-7-4-8-14-21/h4-20,26H,1-3H3. The minimum atomic E-state index is -0.788. The highest BCUT2D eigenvalue weighted by atomic mass is 31.1. The van der Waals surface area contributed by atoms with Crippen molar-refractivity contribution in [3.8, 4) is 0 Å². The Hall–Kier alpha value is -3.29. The molecule has 0 spiro atoms. The van der Waals surface area contributed by atoms with Crippen LogP contribution < -0.4 is 10.6 Å². The second kappa shape index (κ2) is 10.3. The number of hydrogen-bond donors (Lipinski definition) is 0. The number of rotatable bonds is 7. The van der Waals surface area contributed by atoms with Gasteiger partial charge < -0.3 is 14.2 Å². The van der Waals surface area contributed by atoms with Crippen LogP contribution in [0.15, 0.2) is 120 Å². The van der Waals surface area contributed by atoms with Gasteiger partial charge in [-0.25, -0.2) is 0 Å². The maximum atomic E-state index is 5.94. The van der Waals surface area contributed by atoms with Crippen LogP contribution in [0, 0.1) is 0 Å². The van der Waals surface area contributed by atoms with Crippen molar-refractivity contribution in [2.24, 2.45) is 0 Å². The molecule has 1 aliphatic carbocycles. The fraction of sp³-hybridized carbons (Fsp3) is 0.143. The van der Waals surface area contributed by atoms with Gasteiger partial charge in [-0.1, -0.05) is 91.0 Å². The van der Waals surface area contributed by atoms with Crippen molar-refractivity contribution >= 4 is 24.6 Å². The zero-order valence-corrected chi connectivity index (χ0v) is 19.5. The number of benzene rings is 3. The summed E-state index contributed by atoms with van der Waals surface area (Å²) in [5.74, 6) is 2.02. The molecule has 0 aliphatic heterocycles. The van der Waals surface area contributed by atoms with Gasteiger partial charge in [0, 0.05) is 11.2 Å². The highest BCUT2D eigenvalue weighted by Crippen LogP contribution is 2.49. The summed E-state index contributed by atoms with van der Waals surface area (Å²) in [5.41, 5.74) is 2.23. The van der Waals surface area contributed by atoms with Gasteiger partial charge in [-0.05, 0) is 36.2 Å². The van der Waals surface area contributed by atoms with E-state index in [1.54, 1.807) is 21.3 Å². The van der Waals surface area contributed by atoms with E-state index in [9.17, 15) is 0 Å². The van der Waals surface area contributed by atoms with Gasteiger partial charge in [0.2, 0.25) is 5.76 Å². The van der Waals surface area contributed by atoms with Crippen LogP contribution in [0.5, 0.6) is 0 Å². The zero-order valence-electron chi connectivity index (χ0n) is 18.6. The fourth-order valence-electron chi connectivity index (χ4n) is 3.99. The van der Waals surface area contributed by atoms with Crippen molar-refractivity contribution in [2.75, 3.05) is 21.3 Å². The predicted molar refractivity (Wildman–Crippen MR) is 133 cm³/mol. The molecule has 0 amide bonds. The summed E-state index contributed by atoms with van der Waals surface area (Å²) in [4.78, 5) is 0. The van der Waals surface area contributed by atoms with Gasteiger partial charge in [-0.2, -0.15) is 0 Å². The average Bonchev–Trinajstić information content (AvgIpc) is 2.86. The number of allylic oxidation sites excluding steroid dienone is 2. The minimum absolute atomic E-state index is 0.0406. The van der Waals surface area contributed by atoms with Gasteiger partial charge in [-0.3, -0.25) is 0 Å². The van der Waals surface area contributed by atoms with Crippen molar-refractivity contribution in [1.29, 1.82) is 0 Å². The van der Waals surface area contributed by atoms with E-state index in [0.717, 1.165) is 11.1 Å². The van der Waals surface area contributed by atoms with Crippen molar-refractivity contribution < 1.29 is 14.2 Å². The first-order valence-electron chi connectivity index (χ1n) is 10.5. The molecule has 3 nitrogen and oxygen atoms in total. The molecule has 0 saturated heterocycles. The molecular weight excluding hydrogens is 415 g/mol. The second-order valence-corrected chi connectivity index (χ2v) is 9.63. The molecule has 162 valence electrons. The Morgan fingerprint density at radius 3 is 1.59 bits per heavy atom. The van der Waals surface area contributed by atoms with Crippen molar-refractivity contribution in [1.82, 2.24) is 0 Å². The minimum Gasteiger partial charge on any atom is -0.493 e. The number of methoxy groups -OCH3 is 3. The molecule has 0 radical (unpaired) electrons. The average molecular weight is 442 g/mol. The lowest BCUT2D eigenvalue weighted by Gasteiger charge is -2.33. The molecule has 3 aromatic carbocycles. The Bertz CT molecular complexity index is 1080. The molecule has 0 bridgehead atoms. The summed E-state index contributed by atoms with van der Waals surface area (Å²) >= 11 is 0. The Kier molecular flexibility index (Phi) is 7.09. The first kappa shape index (κ1) is 21.9. The molecule has 0 aromatic heterocycles. The van der Waals surface area contributed by atoms with Crippen LogP contribution in [-0.4, -0.2) is 27.0 Å². The second-order valence-electron chi connectivity index (χ2n) is 7.30. The maximum absolute atomic E-state index is 5.94. The van der Waals surface area contributed by atoms with Crippen LogP contribution in [0.1, 0.15) is 5.56 Å². The van der Waals surface area contributed by atoms with Crippen LogP contribution in [0.25, 0.3) is 6.08 Å². The van der Waals surface area contributed by atoms with Crippen molar-refractivity contribution in [3.05, 3.63) is 125 Å². The van der Waals surface area contributed by atoms with Gasteiger partial charge in [0.05, 0.1) is 21.3 Å². The molecule has 0 fully saturated rings. The Morgan fingerprint density at radius 2 is 1.12 bits per heavy atom. The molecule has 0 N–H and O–H groups in total. The molecular formula is C28H27O3P. The Labute approximate surface area is 191 Å². The van der Waals surface area contributed by atoms with E-state index in [-0.39, 0.29) is 5.66 Å². The third kappa shape index (κ3) is 4.49. The fourth-order valence-corrected chi connectivity index (χ4v) is 6.67. The number of ether oxygens (including phenoxy) is 3. The Morgan fingerprint density at radius 1 is 0.625 bits per heavy atom. The first-order valence-corrected chi connectivity index (χ1v) is 11.9. The summed E-state index contributed by atoms with van der Waals surface area (Å²) < 4.78 is 17.4. The highest BCUT2D eigenvalue weighted by Gasteiger charge is 2.36. The molecule has 4 heteroatoms. The topological polar surface area (TPSA) is 27.7 Å². The van der Waals surface area contributed by atoms with E-state index in [1.165, 1.54) is 10.6 Å². The highest BCUT2D eigenvalue weighted by molar-refractivity contribution is 7.74. The predicted octanol–water partition coefficient (Wildman–Crippen LogP) is 5.62. The van der Waals surface area contributed by atoms with E-state index < -0.39 is 7.92 Å². The van der Waals surface area contributed by atoms with Crippen molar-refractivity contribution in [3.63, 3.8) is 0 Å². The summed E-state index contributed by atoms with van der Waals surface area (Å²) in [6, 6.07) is 31.7. The molecule has 1 aliphatic rings. The van der Waals surface area contributed by atoms with Crippen molar-refractivity contribution in [2.45, 2.75) is 5.66 Å². The molecule has 3 aromatic rings. The van der Waals surface area contributed by atoms with E-state index in [4.69, 9.17) is 14.2 Å². The van der Waals surface area contributed by atoms with Crippen LogP contribution in [0.4, 0.5) is 0 Å². The lowest BCUT2D eigenvalue weighted by molar-refractivity contribution is 0.185. The molecule has 4 rings (SSSR count). The largest absolute Gasteiger partial charge is 0.493 e. The smallest absolute Gasteiger partial charge is 0.203 e. The van der Waals surface area contributed by atoms with Crippen LogP contribution in [0.2, 0.25) is 0 Å². The molecule has 1 unspecified atom stereocenters. The van der Waals surface area contributed by atoms with Crippen LogP contribution in [-0.2, 0) is 14.2 Å². The SMILES string of the molecule is COC1=CC(P(c2ccccc2)c2ccccc2)C(=Cc2ccccc2)C(OC)=C1OC. The Balaban J connectivity index is 1.96. The number of hydrogen-bond acceptors (Lipinski definition) is 3. The third-order valence-corrected chi connectivity index (χ3v) is 8.11. The molecule has 32 heavy (non-hydrogen) atoms. The monoisotopic (exact) mass is 442 g/mol. The molecule has 0 heterocycles. The molecule has 0 saturated carbocycles. The summed E-state index contributed by atoms with van der Waals surface area (Å²) in [6.07, 6.45) is 4.38. The van der Waals surface area contributed by atoms with Gasteiger partial charge in [0.15, 0.2) is 11.5 Å². The summed E-state index contributed by atoms with van der Waals surface area (Å²) in [6.45, 7) is 0. The van der Waals surface area contributed by atoms with Gasteiger partial charge in [0.25, 0.3) is 0 Å². The quantitative estimate of drug-likeness (QED) is 0.445. The maximum Gasteiger partial charge on any atom is 0.203 e. The van der Waals surface area contributed by atoms with Gasteiger partial charge in [0.1, 0.15) is 0 Å². The van der Waals surface area contributed by atoms with Crippen LogP contribution >= 0.6 is 7.92 Å². The van der Waals surface area contributed by atoms with Gasteiger partial charge in [-0.15, -0.1) is 0 Å². The van der Waals surface area contributed by atoms with E-state index in [2.05, 4.69) is 84.9 Å². The lowest BCUT2D eigenvalue weighted by Crippen LogP contribution is -2.27.